The summed E-state index contributed by atoms with van der Waals surface area (Å²) < 4.78 is 19.4. The number of nitrogens with zero attached hydrogens (tertiary/aromatic N) is 4. The number of thiophene rings is 1. The zero-order chi connectivity index (χ0) is 34.8. The largest absolute Gasteiger partial charge is 0.493 e. The molecule has 1 atom stereocenters. The molecule has 2 fully saturated rings. The molecular weight excluding hydrogens is 660 g/mol. The summed E-state index contributed by atoms with van der Waals surface area (Å²) in [5, 5.41) is 6.65. The van der Waals surface area contributed by atoms with Crippen molar-refractivity contribution in [2.24, 2.45) is 12.0 Å². The maximum absolute atomic E-state index is 13.2. The first-order valence-electron chi connectivity index (χ1n) is 16.7. The standard InChI is InChI=1S/C36H38N6O7S/c1-40-21-24(17-28(40)34(44)39-23-7-8-31-22(15-23)16-32(50-31)36(46)41-10-13-48-14-11-41)38-33(43)6-4-12-49-30-19-27-26(18-29(30)47-2)35(45)42-9-3-5-25(42)20-37-27/h7-8,15-21,25H,3-6,9-14H2,1-2H3,(H,38,43)(H,39,44)/t25-/m0/s1. The molecule has 0 bridgehead atoms. The van der Waals surface area contributed by atoms with Gasteiger partial charge in [-0.2, -0.15) is 0 Å². The summed E-state index contributed by atoms with van der Waals surface area (Å²) in [6, 6.07) is 12.4. The number of aliphatic imine (C=N–C) groups is 1. The molecule has 0 radical (unpaired) electrons. The number of anilines is 2. The molecule has 50 heavy (non-hydrogen) atoms. The number of hydrogen-bond acceptors (Lipinski definition) is 9. The highest BCUT2D eigenvalue weighted by atomic mass is 32.1. The van der Waals surface area contributed by atoms with E-state index < -0.39 is 0 Å². The molecule has 2 saturated heterocycles. The van der Waals surface area contributed by atoms with Crippen molar-refractivity contribution in [3.05, 3.63) is 64.8 Å². The highest BCUT2D eigenvalue weighted by molar-refractivity contribution is 7.20. The van der Waals surface area contributed by atoms with Gasteiger partial charge in [0.25, 0.3) is 17.7 Å². The maximum Gasteiger partial charge on any atom is 0.272 e. The Morgan fingerprint density at radius 3 is 2.68 bits per heavy atom. The molecule has 2 aromatic carbocycles. The number of aromatic nitrogens is 1. The molecule has 13 nitrogen and oxygen atoms in total. The molecule has 14 heteroatoms. The van der Waals surface area contributed by atoms with Crippen molar-refractivity contribution in [1.82, 2.24) is 14.4 Å². The van der Waals surface area contributed by atoms with E-state index in [1.807, 2.05) is 35.4 Å². The van der Waals surface area contributed by atoms with Crippen LogP contribution in [0.1, 0.15) is 56.2 Å². The van der Waals surface area contributed by atoms with Crippen LogP contribution in [-0.2, 0) is 16.6 Å². The molecule has 0 aliphatic carbocycles. The average Bonchev–Trinajstić information content (AvgIpc) is 3.85. The predicted molar refractivity (Wildman–Crippen MR) is 190 cm³/mol. The number of benzene rings is 2. The summed E-state index contributed by atoms with van der Waals surface area (Å²) in [5.74, 6) is 0.268. The van der Waals surface area contributed by atoms with Gasteiger partial charge in [0, 0.05) is 62.0 Å². The van der Waals surface area contributed by atoms with Gasteiger partial charge < -0.3 is 39.2 Å². The van der Waals surface area contributed by atoms with Gasteiger partial charge in [0.2, 0.25) is 5.91 Å². The number of rotatable bonds is 10. The molecule has 3 aliphatic rings. The number of fused-ring (bicyclic) bond motifs is 3. The Kier molecular flexibility index (Phi) is 9.55. The van der Waals surface area contributed by atoms with Crippen molar-refractivity contribution >= 4 is 68.3 Å². The van der Waals surface area contributed by atoms with Crippen molar-refractivity contribution in [3.63, 3.8) is 0 Å². The second-order valence-corrected chi connectivity index (χ2v) is 13.5. The molecule has 260 valence electrons. The third kappa shape index (κ3) is 6.94. The summed E-state index contributed by atoms with van der Waals surface area (Å²) in [6.45, 7) is 3.19. The van der Waals surface area contributed by atoms with Crippen LogP contribution < -0.4 is 20.1 Å². The minimum atomic E-state index is -0.332. The lowest BCUT2D eigenvalue weighted by molar-refractivity contribution is -0.116. The van der Waals surface area contributed by atoms with Gasteiger partial charge in [-0.05, 0) is 61.0 Å². The third-order valence-corrected chi connectivity index (χ3v) is 10.2. The fraction of sp³-hybridized carbons (Fsp3) is 0.361. The topological polar surface area (TPSA) is 144 Å². The number of nitrogens with one attached hydrogen (secondary N) is 2. The van der Waals surface area contributed by atoms with Gasteiger partial charge in [0.15, 0.2) is 11.5 Å². The highest BCUT2D eigenvalue weighted by Crippen LogP contribution is 2.38. The van der Waals surface area contributed by atoms with Gasteiger partial charge in [-0.1, -0.05) is 0 Å². The van der Waals surface area contributed by atoms with Crippen molar-refractivity contribution < 1.29 is 33.4 Å². The van der Waals surface area contributed by atoms with E-state index in [-0.39, 0.29) is 42.7 Å². The van der Waals surface area contributed by atoms with Crippen molar-refractivity contribution in [1.29, 1.82) is 0 Å². The van der Waals surface area contributed by atoms with Gasteiger partial charge in [-0.15, -0.1) is 11.3 Å². The number of ether oxygens (including phenoxy) is 3. The Labute approximate surface area is 292 Å². The van der Waals surface area contributed by atoms with Crippen LogP contribution in [0.5, 0.6) is 11.5 Å². The Hall–Kier alpha value is -5.21. The van der Waals surface area contributed by atoms with Crippen LogP contribution in [0.3, 0.4) is 0 Å². The third-order valence-electron chi connectivity index (χ3n) is 9.07. The highest BCUT2D eigenvalue weighted by Gasteiger charge is 2.32. The molecule has 4 aromatic rings. The summed E-state index contributed by atoms with van der Waals surface area (Å²) in [5.41, 5.74) is 2.49. The number of amides is 4. The fourth-order valence-electron chi connectivity index (χ4n) is 6.46. The van der Waals surface area contributed by atoms with E-state index in [0.29, 0.717) is 84.0 Å². The number of morpholine rings is 1. The first-order chi connectivity index (χ1) is 24.3. The van der Waals surface area contributed by atoms with E-state index in [1.165, 1.54) is 18.4 Å². The van der Waals surface area contributed by atoms with Gasteiger partial charge in [-0.3, -0.25) is 24.2 Å². The SMILES string of the molecule is COc1cc2c(cc1OCCCC(=O)Nc1cc(C(=O)Nc3ccc4sc(C(=O)N5CCOCC5)cc4c3)n(C)c1)N=C[C@@H]1CCCN1C2=O. The zero-order valence-corrected chi connectivity index (χ0v) is 28.7. The van der Waals surface area contributed by atoms with Crippen molar-refractivity contribution in [2.45, 2.75) is 31.7 Å². The molecular formula is C36H38N6O7S. The normalized spacial score (nSPS) is 16.9. The Morgan fingerprint density at radius 2 is 1.86 bits per heavy atom. The summed E-state index contributed by atoms with van der Waals surface area (Å²) in [4.78, 5) is 60.9. The van der Waals surface area contributed by atoms with E-state index in [1.54, 1.807) is 40.9 Å². The van der Waals surface area contributed by atoms with Gasteiger partial charge >= 0.3 is 0 Å². The Bertz CT molecular complexity index is 2000. The van der Waals surface area contributed by atoms with E-state index in [0.717, 1.165) is 22.9 Å². The van der Waals surface area contributed by atoms with Gasteiger partial charge in [0.05, 0.1) is 54.8 Å². The van der Waals surface area contributed by atoms with Gasteiger partial charge in [0.1, 0.15) is 5.69 Å². The lowest BCUT2D eigenvalue weighted by Gasteiger charge is -2.26. The van der Waals surface area contributed by atoms with Crippen LogP contribution >= 0.6 is 11.3 Å². The van der Waals surface area contributed by atoms with Crippen molar-refractivity contribution in [3.8, 4) is 11.5 Å². The Morgan fingerprint density at radius 1 is 1.02 bits per heavy atom. The van der Waals surface area contributed by atoms with Crippen LogP contribution in [0.15, 0.2) is 53.7 Å². The maximum atomic E-state index is 13.2. The van der Waals surface area contributed by atoms with E-state index in [2.05, 4.69) is 15.6 Å². The quantitative estimate of drug-likeness (QED) is 0.220. The van der Waals surface area contributed by atoms with E-state index in [4.69, 9.17) is 14.2 Å². The first kappa shape index (κ1) is 33.3. The molecule has 4 amide bonds. The van der Waals surface area contributed by atoms with Crippen LogP contribution in [0.25, 0.3) is 10.1 Å². The van der Waals surface area contributed by atoms with E-state index in [9.17, 15) is 19.2 Å². The number of methoxy groups -OCH3 is 1. The Balaban J connectivity index is 0.917. The van der Waals surface area contributed by atoms with Crippen LogP contribution in [0.2, 0.25) is 0 Å². The average molecular weight is 699 g/mol. The van der Waals surface area contributed by atoms with Crippen LogP contribution in [0.4, 0.5) is 17.1 Å². The molecule has 2 N–H and O–H groups in total. The molecule has 0 unspecified atom stereocenters. The molecule has 0 saturated carbocycles. The molecule has 7 rings (SSSR count). The lowest BCUT2D eigenvalue weighted by Crippen LogP contribution is -2.40. The lowest BCUT2D eigenvalue weighted by atomic mass is 10.1. The number of hydrogen-bond donors (Lipinski definition) is 2. The molecule has 2 aromatic heterocycles. The summed E-state index contributed by atoms with van der Waals surface area (Å²) in [7, 11) is 3.26. The van der Waals surface area contributed by atoms with Gasteiger partial charge in [-0.25, -0.2) is 0 Å². The minimum absolute atomic E-state index is 0.00839. The smallest absolute Gasteiger partial charge is 0.272 e. The summed E-state index contributed by atoms with van der Waals surface area (Å²) >= 11 is 1.43. The first-order valence-corrected chi connectivity index (χ1v) is 17.5. The van der Waals surface area contributed by atoms with Crippen molar-refractivity contribution in [2.75, 3.05) is 57.2 Å². The number of carbonyl (C=O) groups excluding carboxylic acids is 4. The molecule has 5 heterocycles. The summed E-state index contributed by atoms with van der Waals surface area (Å²) in [6.07, 6.45) is 5.98. The predicted octanol–water partition coefficient (Wildman–Crippen LogP) is 5.09. The monoisotopic (exact) mass is 698 g/mol. The van der Waals surface area contributed by atoms with E-state index >= 15 is 0 Å². The molecule has 3 aliphatic heterocycles. The molecule has 0 spiro atoms. The van der Waals surface area contributed by atoms with Crippen LogP contribution in [0, 0.1) is 0 Å². The second-order valence-electron chi connectivity index (χ2n) is 12.5. The number of aryl methyl sites for hydroxylation is 1. The minimum Gasteiger partial charge on any atom is -0.493 e. The number of carbonyl (C=O) groups is 4. The van der Waals surface area contributed by atoms with Crippen LogP contribution in [-0.4, -0.2) is 96.8 Å². The zero-order valence-electron chi connectivity index (χ0n) is 27.9. The second kappa shape index (κ2) is 14.3. The fourth-order valence-corrected chi connectivity index (χ4v) is 7.47.